The second-order valence-corrected chi connectivity index (χ2v) is 3.31. The first-order valence-corrected chi connectivity index (χ1v) is 5.04. The lowest BCUT2D eigenvalue weighted by Crippen LogP contribution is -2.37. The summed E-state index contributed by atoms with van der Waals surface area (Å²) in [5.41, 5.74) is 1.19. The van der Waals surface area contributed by atoms with Crippen LogP contribution in [0, 0.1) is 0 Å². The molecule has 0 aromatic heterocycles. The maximum Gasteiger partial charge on any atom is 0.356 e. The molecule has 6 heteroatoms. The normalized spacial score (nSPS) is 23.3. The zero-order valence-corrected chi connectivity index (χ0v) is 9.53. The van der Waals surface area contributed by atoms with Gasteiger partial charge in [-0.25, -0.2) is 9.59 Å². The summed E-state index contributed by atoms with van der Waals surface area (Å²) in [4.78, 5) is 27.9. The Hall–Kier alpha value is -1.56. The maximum absolute atomic E-state index is 11.5. The number of nitrogens with one attached hydrogen (secondary N) is 1. The SMILES string of the molecule is CCOC(=O)C1=CC(C)(C(=O)OCC)ON1. The van der Waals surface area contributed by atoms with Crippen LogP contribution in [0.5, 0.6) is 0 Å². The van der Waals surface area contributed by atoms with E-state index in [1.807, 2.05) is 0 Å². The molecule has 90 valence electrons. The van der Waals surface area contributed by atoms with Crippen LogP contribution >= 0.6 is 0 Å². The van der Waals surface area contributed by atoms with Crippen LogP contribution in [0.4, 0.5) is 0 Å². The summed E-state index contributed by atoms with van der Waals surface area (Å²) < 4.78 is 9.57. The second kappa shape index (κ2) is 4.98. The molecular formula is C10H15NO5. The quantitative estimate of drug-likeness (QED) is 0.698. The van der Waals surface area contributed by atoms with Crippen LogP contribution in [0.1, 0.15) is 20.8 Å². The van der Waals surface area contributed by atoms with Crippen molar-refractivity contribution in [3.63, 3.8) is 0 Å². The van der Waals surface area contributed by atoms with Crippen molar-refractivity contribution < 1.29 is 23.9 Å². The Balaban J connectivity index is 2.73. The fourth-order valence-electron chi connectivity index (χ4n) is 1.18. The fraction of sp³-hybridized carbons (Fsp3) is 0.600. The molecule has 1 N–H and O–H groups in total. The summed E-state index contributed by atoms with van der Waals surface area (Å²) in [7, 11) is 0. The van der Waals surface area contributed by atoms with Gasteiger partial charge >= 0.3 is 11.9 Å². The third-order valence-electron chi connectivity index (χ3n) is 1.97. The van der Waals surface area contributed by atoms with Crippen LogP contribution < -0.4 is 5.48 Å². The van der Waals surface area contributed by atoms with E-state index in [0.29, 0.717) is 0 Å². The summed E-state index contributed by atoms with van der Waals surface area (Å²) in [6.45, 7) is 5.40. The molecular weight excluding hydrogens is 214 g/mol. The Morgan fingerprint density at radius 1 is 1.38 bits per heavy atom. The monoisotopic (exact) mass is 229 g/mol. The van der Waals surface area contributed by atoms with E-state index in [4.69, 9.17) is 14.3 Å². The first kappa shape index (κ1) is 12.5. The predicted molar refractivity (Wildman–Crippen MR) is 54.0 cm³/mol. The van der Waals surface area contributed by atoms with E-state index in [0.717, 1.165) is 0 Å². The minimum absolute atomic E-state index is 0.109. The van der Waals surface area contributed by atoms with Gasteiger partial charge in [0.15, 0.2) is 0 Å². The van der Waals surface area contributed by atoms with Crippen LogP contribution in [0.2, 0.25) is 0 Å². The number of hydrogen-bond acceptors (Lipinski definition) is 6. The Bertz CT molecular complexity index is 325. The molecule has 1 atom stereocenters. The lowest BCUT2D eigenvalue weighted by atomic mass is 10.1. The molecule has 1 aliphatic heterocycles. The van der Waals surface area contributed by atoms with Crippen LogP contribution in [-0.4, -0.2) is 30.8 Å². The Morgan fingerprint density at radius 3 is 2.56 bits per heavy atom. The minimum Gasteiger partial charge on any atom is -0.464 e. The highest BCUT2D eigenvalue weighted by Crippen LogP contribution is 2.21. The zero-order chi connectivity index (χ0) is 12.2. The first-order valence-electron chi connectivity index (χ1n) is 5.04. The van der Waals surface area contributed by atoms with Gasteiger partial charge in [0.05, 0.1) is 13.2 Å². The minimum atomic E-state index is -1.28. The predicted octanol–water partition coefficient (Wildman–Crippen LogP) is 0.290. The number of hydrogen-bond donors (Lipinski definition) is 1. The van der Waals surface area contributed by atoms with Gasteiger partial charge in [0, 0.05) is 0 Å². The van der Waals surface area contributed by atoms with Crippen LogP contribution in [0.25, 0.3) is 0 Å². The molecule has 1 heterocycles. The third-order valence-corrected chi connectivity index (χ3v) is 1.97. The number of carbonyl (C=O) groups excluding carboxylic acids is 2. The van der Waals surface area contributed by atoms with Gasteiger partial charge in [-0.3, -0.25) is 10.3 Å². The molecule has 6 nitrogen and oxygen atoms in total. The molecule has 0 bridgehead atoms. The van der Waals surface area contributed by atoms with Gasteiger partial charge < -0.3 is 9.47 Å². The van der Waals surface area contributed by atoms with Crippen molar-refractivity contribution in [2.24, 2.45) is 0 Å². The highest BCUT2D eigenvalue weighted by Gasteiger charge is 2.41. The van der Waals surface area contributed by atoms with Gasteiger partial charge in [0.1, 0.15) is 5.70 Å². The van der Waals surface area contributed by atoms with E-state index < -0.39 is 17.5 Å². The van der Waals surface area contributed by atoms with Crippen LogP contribution in [0.3, 0.4) is 0 Å². The van der Waals surface area contributed by atoms with E-state index in [-0.39, 0.29) is 18.9 Å². The molecule has 0 aromatic rings. The lowest BCUT2D eigenvalue weighted by Gasteiger charge is -2.17. The van der Waals surface area contributed by atoms with Crippen molar-refractivity contribution in [2.45, 2.75) is 26.4 Å². The van der Waals surface area contributed by atoms with E-state index in [1.165, 1.54) is 13.0 Å². The summed E-state index contributed by atoms with van der Waals surface area (Å²) in [5.74, 6) is -1.11. The highest BCUT2D eigenvalue weighted by molar-refractivity contribution is 5.91. The van der Waals surface area contributed by atoms with E-state index in [9.17, 15) is 9.59 Å². The zero-order valence-electron chi connectivity index (χ0n) is 9.53. The van der Waals surface area contributed by atoms with Crippen molar-refractivity contribution in [3.8, 4) is 0 Å². The molecule has 0 saturated heterocycles. The van der Waals surface area contributed by atoms with Crippen molar-refractivity contribution in [3.05, 3.63) is 11.8 Å². The summed E-state index contributed by atoms with van der Waals surface area (Å²) in [6.07, 6.45) is 1.35. The molecule has 0 spiro atoms. The third kappa shape index (κ3) is 2.52. The average Bonchev–Trinajstić information content (AvgIpc) is 2.63. The topological polar surface area (TPSA) is 73.9 Å². The van der Waals surface area contributed by atoms with Gasteiger partial charge in [-0.05, 0) is 26.8 Å². The van der Waals surface area contributed by atoms with Crippen molar-refractivity contribution in [1.29, 1.82) is 0 Å². The largest absolute Gasteiger partial charge is 0.464 e. The van der Waals surface area contributed by atoms with E-state index >= 15 is 0 Å². The maximum atomic E-state index is 11.5. The van der Waals surface area contributed by atoms with Crippen LogP contribution in [-0.2, 0) is 23.9 Å². The smallest absolute Gasteiger partial charge is 0.356 e. The number of esters is 2. The standard InChI is InChI=1S/C10H15NO5/c1-4-14-8(12)7-6-10(3,16-11-7)9(13)15-5-2/h6,11H,4-5H2,1-3H3. The van der Waals surface area contributed by atoms with Crippen molar-refractivity contribution in [2.75, 3.05) is 13.2 Å². The van der Waals surface area contributed by atoms with E-state index in [1.54, 1.807) is 13.8 Å². The highest BCUT2D eigenvalue weighted by atomic mass is 16.7. The average molecular weight is 229 g/mol. The number of hydroxylamine groups is 1. The molecule has 1 unspecified atom stereocenters. The Kier molecular flexibility index (Phi) is 3.89. The Morgan fingerprint density at radius 2 is 2.00 bits per heavy atom. The number of carbonyl (C=O) groups is 2. The fourth-order valence-corrected chi connectivity index (χ4v) is 1.18. The molecule has 0 fully saturated rings. The molecule has 16 heavy (non-hydrogen) atoms. The summed E-state index contributed by atoms with van der Waals surface area (Å²) in [6, 6.07) is 0. The molecule has 0 aliphatic carbocycles. The molecule has 0 amide bonds. The van der Waals surface area contributed by atoms with Gasteiger partial charge in [0.25, 0.3) is 0 Å². The van der Waals surface area contributed by atoms with Gasteiger partial charge in [-0.2, -0.15) is 0 Å². The van der Waals surface area contributed by atoms with Crippen molar-refractivity contribution >= 4 is 11.9 Å². The van der Waals surface area contributed by atoms with Gasteiger partial charge in [0.2, 0.25) is 5.60 Å². The summed E-state index contributed by atoms with van der Waals surface area (Å²) in [5, 5.41) is 0. The molecule has 1 rings (SSSR count). The second-order valence-electron chi connectivity index (χ2n) is 3.31. The molecule has 0 radical (unpaired) electrons. The number of ether oxygens (including phenoxy) is 2. The van der Waals surface area contributed by atoms with Crippen LogP contribution in [0.15, 0.2) is 11.8 Å². The summed E-state index contributed by atoms with van der Waals surface area (Å²) >= 11 is 0. The first-order chi connectivity index (χ1) is 7.53. The van der Waals surface area contributed by atoms with E-state index in [2.05, 4.69) is 5.48 Å². The van der Waals surface area contributed by atoms with Gasteiger partial charge in [-0.1, -0.05) is 0 Å². The lowest BCUT2D eigenvalue weighted by molar-refractivity contribution is -0.167. The Labute approximate surface area is 93.5 Å². The molecule has 0 aromatic carbocycles. The van der Waals surface area contributed by atoms with Crippen molar-refractivity contribution in [1.82, 2.24) is 5.48 Å². The number of rotatable bonds is 4. The van der Waals surface area contributed by atoms with Gasteiger partial charge in [-0.15, -0.1) is 0 Å². The molecule has 0 saturated carbocycles. The molecule has 1 aliphatic rings.